The molecule has 0 bridgehead atoms. The Kier molecular flexibility index (Phi) is 1.94. The van der Waals surface area contributed by atoms with E-state index in [1.165, 1.54) is 0 Å². The van der Waals surface area contributed by atoms with Gasteiger partial charge in [-0.05, 0) is 34.6 Å². The Balaban J connectivity index is 2.71. The van der Waals surface area contributed by atoms with Crippen LogP contribution in [0.5, 0.6) is 0 Å². The van der Waals surface area contributed by atoms with Gasteiger partial charge in [-0.1, -0.05) is 0 Å². The van der Waals surface area contributed by atoms with Gasteiger partial charge in [0.05, 0.1) is 16.8 Å². The standard InChI is InChI=1S/C11H16N3O/c1-7-12-6-8-9(13-7)11(4,5)14(15)10(8,2)3/h6H,1-5H3. The van der Waals surface area contributed by atoms with E-state index in [0.717, 1.165) is 16.3 Å². The lowest BCUT2D eigenvalue weighted by molar-refractivity contribution is -0.266. The van der Waals surface area contributed by atoms with Crippen molar-refractivity contribution in [2.45, 2.75) is 45.7 Å². The maximum atomic E-state index is 12.2. The summed E-state index contributed by atoms with van der Waals surface area (Å²) in [6, 6.07) is 0. The Morgan fingerprint density at radius 1 is 1.20 bits per heavy atom. The predicted molar refractivity (Wildman–Crippen MR) is 55.3 cm³/mol. The Labute approximate surface area is 89.9 Å². The summed E-state index contributed by atoms with van der Waals surface area (Å²) in [6.07, 6.45) is 1.78. The summed E-state index contributed by atoms with van der Waals surface area (Å²) in [4.78, 5) is 8.57. The monoisotopic (exact) mass is 206 g/mol. The lowest BCUT2D eigenvalue weighted by Crippen LogP contribution is -2.41. The first-order chi connectivity index (χ1) is 6.78. The minimum absolute atomic E-state index is 0.535. The third-order valence-electron chi connectivity index (χ3n) is 3.16. The van der Waals surface area contributed by atoms with Crippen LogP contribution in [0.1, 0.15) is 44.8 Å². The highest BCUT2D eigenvalue weighted by Crippen LogP contribution is 2.46. The molecule has 0 amide bonds. The van der Waals surface area contributed by atoms with Crippen molar-refractivity contribution in [3.8, 4) is 0 Å². The van der Waals surface area contributed by atoms with E-state index in [0.29, 0.717) is 5.82 Å². The predicted octanol–water partition coefficient (Wildman–Crippen LogP) is 1.92. The van der Waals surface area contributed by atoms with Crippen LogP contribution in [0.4, 0.5) is 0 Å². The van der Waals surface area contributed by atoms with Crippen LogP contribution in [0.15, 0.2) is 6.20 Å². The van der Waals surface area contributed by atoms with E-state index in [1.807, 2.05) is 34.6 Å². The molecule has 4 heteroatoms. The number of nitrogens with zero attached hydrogens (tertiary/aromatic N) is 3. The molecule has 81 valence electrons. The highest BCUT2D eigenvalue weighted by atomic mass is 16.5. The van der Waals surface area contributed by atoms with E-state index in [2.05, 4.69) is 9.97 Å². The van der Waals surface area contributed by atoms with Gasteiger partial charge in [-0.2, -0.15) is 0 Å². The van der Waals surface area contributed by atoms with Crippen molar-refractivity contribution in [3.05, 3.63) is 23.3 Å². The van der Waals surface area contributed by atoms with Crippen molar-refractivity contribution in [1.29, 1.82) is 0 Å². The van der Waals surface area contributed by atoms with E-state index >= 15 is 0 Å². The Bertz CT molecular complexity index is 412. The largest absolute Gasteiger partial charge is 0.241 e. The van der Waals surface area contributed by atoms with Gasteiger partial charge >= 0.3 is 0 Å². The van der Waals surface area contributed by atoms with Crippen molar-refractivity contribution >= 4 is 0 Å². The van der Waals surface area contributed by atoms with Crippen LogP contribution in [-0.4, -0.2) is 15.0 Å². The number of hydrogen-bond donors (Lipinski definition) is 0. The van der Waals surface area contributed by atoms with Gasteiger partial charge in [0, 0.05) is 11.8 Å². The van der Waals surface area contributed by atoms with Gasteiger partial charge in [0.15, 0.2) is 0 Å². The Morgan fingerprint density at radius 3 is 2.40 bits per heavy atom. The van der Waals surface area contributed by atoms with Crippen LogP contribution in [0, 0.1) is 6.92 Å². The van der Waals surface area contributed by atoms with Crippen molar-refractivity contribution < 1.29 is 5.21 Å². The normalized spacial score (nSPS) is 22.8. The first kappa shape index (κ1) is 10.5. The fourth-order valence-electron chi connectivity index (χ4n) is 2.29. The zero-order chi connectivity index (χ0) is 11.4. The van der Waals surface area contributed by atoms with E-state index < -0.39 is 11.1 Å². The summed E-state index contributed by atoms with van der Waals surface area (Å²) in [5, 5.41) is 13.3. The van der Waals surface area contributed by atoms with Gasteiger partial charge in [-0.25, -0.2) is 9.97 Å². The number of hydroxylamine groups is 2. The molecule has 15 heavy (non-hydrogen) atoms. The number of hydrogen-bond acceptors (Lipinski definition) is 3. The molecule has 1 aromatic heterocycles. The molecular formula is C11H16N3O. The minimum Gasteiger partial charge on any atom is -0.241 e. The second-order valence-electron chi connectivity index (χ2n) is 5.09. The third-order valence-corrected chi connectivity index (χ3v) is 3.16. The number of aryl methyl sites for hydroxylation is 1. The smallest absolute Gasteiger partial charge is 0.125 e. The molecule has 0 aliphatic carbocycles. The van der Waals surface area contributed by atoms with Crippen LogP contribution < -0.4 is 0 Å². The molecule has 0 N–H and O–H groups in total. The lowest BCUT2D eigenvalue weighted by Gasteiger charge is -2.31. The lowest BCUT2D eigenvalue weighted by atomic mass is 9.97. The molecule has 0 atom stereocenters. The van der Waals surface area contributed by atoms with Crippen molar-refractivity contribution in [1.82, 2.24) is 15.0 Å². The van der Waals surface area contributed by atoms with Crippen LogP contribution in [-0.2, 0) is 16.3 Å². The molecule has 0 fully saturated rings. The molecule has 0 unspecified atom stereocenters. The van der Waals surface area contributed by atoms with Crippen LogP contribution in [0.25, 0.3) is 0 Å². The Hall–Kier alpha value is -1.00. The highest BCUT2D eigenvalue weighted by Gasteiger charge is 2.51. The molecule has 0 saturated heterocycles. The van der Waals surface area contributed by atoms with E-state index in [-0.39, 0.29) is 0 Å². The summed E-state index contributed by atoms with van der Waals surface area (Å²) in [6.45, 7) is 9.47. The van der Waals surface area contributed by atoms with Crippen LogP contribution in [0.2, 0.25) is 0 Å². The third kappa shape index (κ3) is 1.21. The number of aromatic nitrogens is 2. The fourth-order valence-corrected chi connectivity index (χ4v) is 2.29. The maximum Gasteiger partial charge on any atom is 0.125 e. The molecular weight excluding hydrogens is 190 g/mol. The quantitative estimate of drug-likeness (QED) is 0.651. The molecule has 0 aromatic carbocycles. The SMILES string of the molecule is Cc1ncc2c(n1)C(C)(C)N([O])C2(C)C. The molecule has 2 rings (SSSR count). The van der Waals surface area contributed by atoms with E-state index in [9.17, 15) is 5.21 Å². The maximum absolute atomic E-state index is 12.2. The summed E-state index contributed by atoms with van der Waals surface area (Å²) >= 11 is 0. The van der Waals surface area contributed by atoms with Gasteiger partial charge in [-0.3, -0.25) is 0 Å². The average Bonchev–Trinajstić information content (AvgIpc) is 2.26. The second-order valence-corrected chi connectivity index (χ2v) is 5.09. The molecule has 2 heterocycles. The summed E-state index contributed by atoms with van der Waals surface area (Å²) < 4.78 is 0. The summed E-state index contributed by atoms with van der Waals surface area (Å²) in [7, 11) is 0. The van der Waals surface area contributed by atoms with Crippen molar-refractivity contribution in [3.63, 3.8) is 0 Å². The molecule has 1 aliphatic heterocycles. The minimum atomic E-state index is -0.563. The molecule has 1 aromatic rings. The summed E-state index contributed by atoms with van der Waals surface area (Å²) in [5.41, 5.74) is 0.696. The van der Waals surface area contributed by atoms with Crippen LogP contribution in [0.3, 0.4) is 0 Å². The van der Waals surface area contributed by atoms with Gasteiger partial charge < -0.3 is 0 Å². The first-order valence-corrected chi connectivity index (χ1v) is 5.10. The van der Waals surface area contributed by atoms with Gasteiger partial charge in [-0.15, -0.1) is 10.3 Å². The molecule has 4 nitrogen and oxygen atoms in total. The first-order valence-electron chi connectivity index (χ1n) is 5.10. The second kappa shape index (κ2) is 2.77. The highest BCUT2D eigenvalue weighted by molar-refractivity contribution is 5.36. The van der Waals surface area contributed by atoms with Crippen LogP contribution >= 0.6 is 0 Å². The zero-order valence-electron chi connectivity index (χ0n) is 9.83. The average molecular weight is 206 g/mol. The number of fused-ring (bicyclic) bond motifs is 1. The molecule has 1 aliphatic rings. The van der Waals surface area contributed by atoms with Crippen molar-refractivity contribution in [2.24, 2.45) is 0 Å². The number of rotatable bonds is 0. The molecule has 0 spiro atoms. The van der Waals surface area contributed by atoms with Gasteiger partial charge in [0.2, 0.25) is 0 Å². The van der Waals surface area contributed by atoms with Gasteiger partial charge in [0.25, 0.3) is 0 Å². The Morgan fingerprint density at radius 2 is 1.80 bits per heavy atom. The summed E-state index contributed by atoms with van der Waals surface area (Å²) in [5.74, 6) is 0.716. The van der Waals surface area contributed by atoms with Gasteiger partial charge in [0.1, 0.15) is 5.82 Å². The topological polar surface area (TPSA) is 48.9 Å². The van der Waals surface area contributed by atoms with Crippen molar-refractivity contribution in [2.75, 3.05) is 0 Å². The van der Waals surface area contributed by atoms with E-state index in [4.69, 9.17) is 0 Å². The zero-order valence-corrected chi connectivity index (χ0v) is 9.83. The molecule has 0 saturated carbocycles. The molecule has 1 radical (unpaired) electrons. The fraction of sp³-hybridized carbons (Fsp3) is 0.636. The van der Waals surface area contributed by atoms with E-state index in [1.54, 1.807) is 6.20 Å².